The van der Waals surface area contributed by atoms with Crippen LogP contribution in [0.3, 0.4) is 0 Å². The van der Waals surface area contributed by atoms with Crippen LogP contribution in [0.15, 0.2) is 47.5 Å². The lowest BCUT2D eigenvalue weighted by molar-refractivity contribution is -0.135. The number of benzene rings is 2. The summed E-state index contributed by atoms with van der Waals surface area (Å²) in [6.45, 7) is 6.67. The van der Waals surface area contributed by atoms with Crippen LogP contribution in [0.4, 0.5) is 0 Å². The number of Topliss-reactive ketones (excluding diaryl/α,β-unsaturated/α-hetero) is 1. The lowest BCUT2D eigenvalue weighted by atomic mass is 9.87. The molecule has 2 heterocycles. The Morgan fingerprint density at radius 1 is 1.12 bits per heavy atom. The summed E-state index contributed by atoms with van der Waals surface area (Å²) >= 11 is 0. The van der Waals surface area contributed by atoms with E-state index in [-0.39, 0.29) is 29.7 Å². The molecule has 3 aromatic rings. The molecule has 0 bridgehead atoms. The van der Waals surface area contributed by atoms with E-state index in [1.807, 2.05) is 22.8 Å². The highest BCUT2D eigenvalue weighted by Gasteiger charge is 2.31. The van der Waals surface area contributed by atoms with Crippen molar-refractivity contribution in [3.8, 4) is 0 Å². The van der Waals surface area contributed by atoms with Crippen LogP contribution in [0.1, 0.15) is 64.7 Å². The molecule has 0 spiro atoms. The third kappa shape index (κ3) is 3.70. The number of aromatic nitrogens is 1. The molecular weight excluding hydrogens is 406 g/mol. The molecule has 0 aliphatic carbocycles. The Kier molecular flexibility index (Phi) is 5.20. The topological polar surface area (TPSA) is 115 Å². The Morgan fingerprint density at radius 3 is 2.41 bits per heavy atom. The second-order valence-electron chi connectivity index (χ2n) is 9.08. The average molecular weight is 431 g/mol. The largest absolute Gasteiger partial charge is 0.481 e. The van der Waals surface area contributed by atoms with Crippen LogP contribution in [0.25, 0.3) is 10.9 Å². The molecular formula is C25H25N3O4. The van der Waals surface area contributed by atoms with E-state index in [1.54, 1.807) is 12.1 Å². The van der Waals surface area contributed by atoms with Crippen molar-refractivity contribution < 1.29 is 19.5 Å². The Bertz CT molecular complexity index is 1290. The molecule has 4 rings (SSSR count). The number of amides is 1. The lowest BCUT2D eigenvalue weighted by Gasteiger charge is -2.20. The standard InChI is InChI=1S/C25H25N3O4/c1-25(2,3)15-9-7-14(8-10-15)13-28-18-6-4-5-16(24(26)32)21(18)22-19(29)12-27-17(23(22)28)11-20(30)31/h4-10H,11-13H2,1-3H3,(H2,26,32)(H,30,31). The summed E-state index contributed by atoms with van der Waals surface area (Å²) in [6, 6.07) is 13.3. The molecule has 1 amide bonds. The zero-order chi connectivity index (χ0) is 23.2. The van der Waals surface area contributed by atoms with Gasteiger partial charge in [-0.1, -0.05) is 51.1 Å². The Balaban J connectivity index is 1.95. The number of ketones is 1. The molecule has 0 saturated carbocycles. The van der Waals surface area contributed by atoms with Crippen molar-refractivity contribution in [2.24, 2.45) is 10.7 Å². The first-order valence-electron chi connectivity index (χ1n) is 10.4. The highest BCUT2D eigenvalue weighted by atomic mass is 16.4. The van der Waals surface area contributed by atoms with E-state index in [0.29, 0.717) is 34.4 Å². The number of rotatable bonds is 5. The molecule has 0 fully saturated rings. The predicted octanol–water partition coefficient (Wildman–Crippen LogP) is 3.55. The number of carboxylic acids is 1. The zero-order valence-electron chi connectivity index (χ0n) is 18.3. The van der Waals surface area contributed by atoms with Crippen molar-refractivity contribution >= 4 is 34.3 Å². The van der Waals surface area contributed by atoms with Crippen LogP contribution >= 0.6 is 0 Å². The van der Waals surface area contributed by atoms with Crippen molar-refractivity contribution in [3.05, 3.63) is 70.4 Å². The van der Waals surface area contributed by atoms with Crippen LogP contribution in [-0.4, -0.2) is 39.6 Å². The highest BCUT2D eigenvalue weighted by Crippen LogP contribution is 2.34. The summed E-state index contributed by atoms with van der Waals surface area (Å²) in [5.41, 5.74) is 9.80. The molecule has 1 aliphatic heterocycles. The van der Waals surface area contributed by atoms with Gasteiger partial charge in [0.1, 0.15) is 6.54 Å². The first kappa shape index (κ1) is 21.5. The number of carbonyl (C=O) groups is 3. The molecule has 1 aromatic heterocycles. The van der Waals surface area contributed by atoms with Gasteiger partial charge in [0, 0.05) is 17.5 Å². The monoisotopic (exact) mass is 431 g/mol. The molecule has 3 N–H and O–H groups in total. The van der Waals surface area contributed by atoms with Gasteiger partial charge in [-0.2, -0.15) is 0 Å². The second-order valence-corrected chi connectivity index (χ2v) is 9.08. The number of carbonyl (C=O) groups excluding carboxylic acids is 2. The fourth-order valence-corrected chi connectivity index (χ4v) is 4.24. The maximum atomic E-state index is 12.9. The highest BCUT2D eigenvalue weighted by molar-refractivity contribution is 6.26. The van der Waals surface area contributed by atoms with Crippen molar-refractivity contribution in [1.82, 2.24) is 4.57 Å². The molecule has 164 valence electrons. The van der Waals surface area contributed by atoms with Crippen LogP contribution < -0.4 is 5.73 Å². The third-order valence-electron chi connectivity index (χ3n) is 5.80. The average Bonchev–Trinajstić information content (AvgIpc) is 3.05. The van der Waals surface area contributed by atoms with Crippen molar-refractivity contribution in [3.63, 3.8) is 0 Å². The van der Waals surface area contributed by atoms with Crippen molar-refractivity contribution in [2.45, 2.75) is 39.2 Å². The summed E-state index contributed by atoms with van der Waals surface area (Å²) in [5, 5.41) is 9.88. The van der Waals surface area contributed by atoms with E-state index < -0.39 is 11.9 Å². The fourth-order valence-electron chi connectivity index (χ4n) is 4.24. The molecule has 7 heteroatoms. The van der Waals surface area contributed by atoms with Gasteiger partial charge in [-0.3, -0.25) is 19.4 Å². The van der Waals surface area contributed by atoms with Crippen LogP contribution in [0.5, 0.6) is 0 Å². The molecule has 0 radical (unpaired) electrons. The normalized spacial score (nSPS) is 13.7. The number of hydrogen-bond acceptors (Lipinski definition) is 4. The predicted molar refractivity (Wildman–Crippen MR) is 123 cm³/mol. The van der Waals surface area contributed by atoms with Gasteiger partial charge in [0.2, 0.25) is 5.91 Å². The number of nitrogens with zero attached hydrogens (tertiary/aromatic N) is 2. The molecule has 0 atom stereocenters. The first-order valence-corrected chi connectivity index (χ1v) is 10.4. The summed E-state index contributed by atoms with van der Waals surface area (Å²) in [7, 11) is 0. The van der Waals surface area contributed by atoms with E-state index in [2.05, 4.69) is 37.9 Å². The Morgan fingerprint density at radius 2 is 1.81 bits per heavy atom. The van der Waals surface area contributed by atoms with Gasteiger partial charge >= 0.3 is 5.97 Å². The smallest absolute Gasteiger partial charge is 0.309 e. The number of fused-ring (bicyclic) bond motifs is 3. The van der Waals surface area contributed by atoms with Gasteiger partial charge in [-0.15, -0.1) is 0 Å². The summed E-state index contributed by atoms with van der Waals surface area (Å²) in [5.74, 6) is -1.93. The van der Waals surface area contributed by atoms with E-state index in [9.17, 15) is 19.5 Å². The molecule has 7 nitrogen and oxygen atoms in total. The first-order chi connectivity index (χ1) is 15.1. The number of nitrogens with two attached hydrogens (primary N) is 1. The Hall–Kier alpha value is -3.74. The van der Waals surface area contributed by atoms with E-state index in [0.717, 1.165) is 5.56 Å². The van der Waals surface area contributed by atoms with Gasteiger partial charge < -0.3 is 15.4 Å². The SMILES string of the molecule is CC(C)(C)c1ccc(Cn2c3c(c4c(C(N)=O)cccc42)C(=O)CN=C3CC(=O)O)cc1. The van der Waals surface area contributed by atoms with Crippen LogP contribution in [-0.2, 0) is 16.8 Å². The minimum absolute atomic E-state index is 0.0158. The lowest BCUT2D eigenvalue weighted by Crippen LogP contribution is -2.24. The molecule has 2 aromatic carbocycles. The minimum Gasteiger partial charge on any atom is -0.481 e. The number of hydrogen-bond donors (Lipinski definition) is 2. The summed E-state index contributed by atoms with van der Waals surface area (Å²) < 4.78 is 1.88. The number of aliphatic carboxylic acids is 1. The Labute approximate surface area is 185 Å². The number of carboxylic acid groups (broad SMARTS) is 1. The van der Waals surface area contributed by atoms with Crippen molar-refractivity contribution in [1.29, 1.82) is 0 Å². The zero-order valence-corrected chi connectivity index (χ0v) is 18.3. The number of aliphatic imine (C=N–C) groups is 1. The van der Waals surface area contributed by atoms with E-state index >= 15 is 0 Å². The van der Waals surface area contributed by atoms with Gasteiger partial charge in [0.15, 0.2) is 5.78 Å². The maximum absolute atomic E-state index is 12.9. The summed E-state index contributed by atoms with van der Waals surface area (Å²) in [4.78, 5) is 40.8. The second kappa shape index (κ2) is 7.75. The third-order valence-corrected chi connectivity index (χ3v) is 5.80. The molecule has 0 saturated heterocycles. The van der Waals surface area contributed by atoms with Crippen LogP contribution in [0, 0.1) is 0 Å². The molecule has 1 aliphatic rings. The van der Waals surface area contributed by atoms with E-state index in [4.69, 9.17) is 5.73 Å². The maximum Gasteiger partial charge on any atom is 0.309 e. The number of primary amides is 1. The fraction of sp³-hybridized carbons (Fsp3) is 0.280. The quantitative estimate of drug-likeness (QED) is 0.643. The van der Waals surface area contributed by atoms with Gasteiger partial charge in [-0.05, 0) is 28.7 Å². The van der Waals surface area contributed by atoms with Gasteiger partial charge in [0.05, 0.1) is 28.9 Å². The minimum atomic E-state index is -1.04. The van der Waals surface area contributed by atoms with Gasteiger partial charge in [-0.25, -0.2) is 0 Å². The van der Waals surface area contributed by atoms with Gasteiger partial charge in [0.25, 0.3) is 0 Å². The van der Waals surface area contributed by atoms with E-state index in [1.165, 1.54) is 5.56 Å². The van der Waals surface area contributed by atoms with Crippen LogP contribution in [0.2, 0.25) is 0 Å². The molecule has 32 heavy (non-hydrogen) atoms. The van der Waals surface area contributed by atoms with Crippen molar-refractivity contribution in [2.75, 3.05) is 6.54 Å². The molecule has 0 unspecified atom stereocenters. The summed E-state index contributed by atoms with van der Waals surface area (Å²) in [6.07, 6.45) is -0.314.